The van der Waals surface area contributed by atoms with Gasteiger partial charge in [0, 0.05) is 16.4 Å². The lowest BCUT2D eigenvalue weighted by Gasteiger charge is -2.27. The van der Waals surface area contributed by atoms with Gasteiger partial charge >= 0.3 is 0 Å². The molecule has 1 fully saturated rings. The van der Waals surface area contributed by atoms with Crippen molar-refractivity contribution in [3.8, 4) is 5.75 Å². The van der Waals surface area contributed by atoms with Crippen LogP contribution in [0.5, 0.6) is 5.75 Å². The SMILES string of the molecule is Cc1cc(OC(C)C(=O)NCC(c2cccs2)N2CCCC2)ccc1Cl. The highest BCUT2D eigenvalue weighted by molar-refractivity contribution is 7.10. The highest BCUT2D eigenvalue weighted by Crippen LogP contribution is 2.28. The Labute approximate surface area is 164 Å². The lowest BCUT2D eigenvalue weighted by molar-refractivity contribution is -0.127. The van der Waals surface area contributed by atoms with Gasteiger partial charge in [-0.1, -0.05) is 17.7 Å². The minimum Gasteiger partial charge on any atom is -0.481 e. The van der Waals surface area contributed by atoms with Gasteiger partial charge in [0.2, 0.25) is 0 Å². The van der Waals surface area contributed by atoms with Gasteiger partial charge in [-0.05, 0) is 75.0 Å². The molecule has 2 aromatic rings. The first-order valence-electron chi connectivity index (χ1n) is 9.02. The van der Waals surface area contributed by atoms with Crippen molar-refractivity contribution in [1.82, 2.24) is 10.2 Å². The first kappa shape index (κ1) is 19.2. The molecule has 0 saturated carbocycles. The number of benzene rings is 1. The van der Waals surface area contributed by atoms with Gasteiger partial charge in [-0.2, -0.15) is 0 Å². The first-order chi connectivity index (χ1) is 12.5. The lowest BCUT2D eigenvalue weighted by atomic mass is 10.2. The zero-order valence-corrected chi connectivity index (χ0v) is 16.8. The highest BCUT2D eigenvalue weighted by atomic mass is 35.5. The Hall–Kier alpha value is -1.56. The normalized spacial score (nSPS) is 17.0. The standard InChI is InChI=1S/C20H25ClN2O2S/c1-14-12-16(7-8-17(14)21)25-15(2)20(24)22-13-18(19-6-5-11-26-19)23-9-3-4-10-23/h5-8,11-12,15,18H,3-4,9-10,13H2,1-2H3,(H,22,24). The number of nitrogens with zero attached hydrogens (tertiary/aromatic N) is 1. The van der Waals surface area contributed by atoms with Crippen LogP contribution < -0.4 is 10.1 Å². The van der Waals surface area contributed by atoms with Crippen LogP contribution in [0.2, 0.25) is 5.02 Å². The molecule has 1 aliphatic rings. The van der Waals surface area contributed by atoms with E-state index in [0.29, 0.717) is 17.3 Å². The Balaban J connectivity index is 1.58. The second-order valence-electron chi connectivity index (χ2n) is 6.69. The smallest absolute Gasteiger partial charge is 0.260 e. The average Bonchev–Trinajstić information content (AvgIpc) is 3.32. The number of amides is 1. The Bertz CT molecular complexity index is 729. The molecule has 1 N–H and O–H groups in total. The summed E-state index contributed by atoms with van der Waals surface area (Å²) in [5, 5.41) is 5.85. The van der Waals surface area contributed by atoms with Crippen molar-refractivity contribution < 1.29 is 9.53 Å². The number of rotatable bonds is 7. The van der Waals surface area contributed by atoms with E-state index in [4.69, 9.17) is 16.3 Å². The summed E-state index contributed by atoms with van der Waals surface area (Å²) in [5.41, 5.74) is 0.934. The maximum atomic E-state index is 12.5. The molecule has 1 amide bonds. The van der Waals surface area contributed by atoms with E-state index in [1.807, 2.05) is 13.0 Å². The topological polar surface area (TPSA) is 41.6 Å². The number of nitrogens with one attached hydrogen (secondary N) is 1. The summed E-state index contributed by atoms with van der Waals surface area (Å²) in [6.07, 6.45) is 1.90. The van der Waals surface area contributed by atoms with Gasteiger partial charge in [0.25, 0.3) is 5.91 Å². The number of aryl methyl sites for hydroxylation is 1. The predicted octanol–water partition coefficient (Wildman–Crippen LogP) is 4.43. The summed E-state index contributed by atoms with van der Waals surface area (Å²) in [7, 11) is 0. The average molecular weight is 393 g/mol. The zero-order valence-electron chi connectivity index (χ0n) is 15.2. The van der Waals surface area contributed by atoms with E-state index in [-0.39, 0.29) is 11.9 Å². The fourth-order valence-corrected chi connectivity index (χ4v) is 4.21. The number of hydrogen-bond acceptors (Lipinski definition) is 4. The summed E-state index contributed by atoms with van der Waals surface area (Å²) in [4.78, 5) is 16.3. The van der Waals surface area contributed by atoms with Crippen molar-refractivity contribution in [3.05, 3.63) is 51.2 Å². The molecule has 1 aromatic carbocycles. The number of hydrogen-bond donors (Lipinski definition) is 1. The summed E-state index contributed by atoms with van der Waals surface area (Å²) in [6, 6.07) is 9.89. The molecule has 140 valence electrons. The Morgan fingerprint density at radius 3 is 2.77 bits per heavy atom. The number of carbonyl (C=O) groups is 1. The van der Waals surface area contributed by atoms with Crippen molar-refractivity contribution in [1.29, 1.82) is 0 Å². The minimum atomic E-state index is -0.557. The van der Waals surface area contributed by atoms with Gasteiger partial charge in [-0.3, -0.25) is 9.69 Å². The van der Waals surface area contributed by atoms with Crippen LogP contribution in [-0.4, -0.2) is 36.5 Å². The number of likely N-dealkylation sites (tertiary alicyclic amines) is 1. The van der Waals surface area contributed by atoms with Crippen molar-refractivity contribution in [3.63, 3.8) is 0 Å². The number of ether oxygens (including phenoxy) is 1. The van der Waals surface area contributed by atoms with Crippen LogP contribution >= 0.6 is 22.9 Å². The van der Waals surface area contributed by atoms with Gasteiger partial charge in [0.1, 0.15) is 5.75 Å². The second-order valence-corrected chi connectivity index (χ2v) is 8.08. The molecule has 4 nitrogen and oxygen atoms in total. The van der Waals surface area contributed by atoms with E-state index in [1.165, 1.54) is 17.7 Å². The van der Waals surface area contributed by atoms with Gasteiger partial charge in [0.15, 0.2) is 6.10 Å². The summed E-state index contributed by atoms with van der Waals surface area (Å²) in [6.45, 7) is 6.48. The molecule has 26 heavy (non-hydrogen) atoms. The van der Waals surface area contributed by atoms with Crippen LogP contribution in [0.15, 0.2) is 35.7 Å². The van der Waals surface area contributed by atoms with Crippen LogP contribution in [0.1, 0.15) is 36.2 Å². The predicted molar refractivity (Wildman–Crippen MR) is 107 cm³/mol. The van der Waals surface area contributed by atoms with Crippen LogP contribution in [0.3, 0.4) is 0 Å². The van der Waals surface area contributed by atoms with Crippen LogP contribution in [-0.2, 0) is 4.79 Å². The van der Waals surface area contributed by atoms with E-state index < -0.39 is 6.10 Å². The van der Waals surface area contributed by atoms with E-state index in [0.717, 1.165) is 18.7 Å². The third-order valence-electron chi connectivity index (χ3n) is 4.73. The van der Waals surface area contributed by atoms with Gasteiger partial charge in [-0.25, -0.2) is 0 Å². The van der Waals surface area contributed by atoms with E-state index >= 15 is 0 Å². The van der Waals surface area contributed by atoms with Crippen molar-refractivity contribution >= 4 is 28.8 Å². The molecule has 0 aliphatic carbocycles. The summed E-state index contributed by atoms with van der Waals surface area (Å²) < 4.78 is 5.78. The molecule has 2 atom stereocenters. The monoisotopic (exact) mass is 392 g/mol. The number of carbonyl (C=O) groups excluding carboxylic acids is 1. The van der Waals surface area contributed by atoms with E-state index in [2.05, 4.69) is 27.7 Å². The Morgan fingerprint density at radius 1 is 1.35 bits per heavy atom. The molecule has 1 aromatic heterocycles. The van der Waals surface area contributed by atoms with Crippen LogP contribution in [0.4, 0.5) is 0 Å². The van der Waals surface area contributed by atoms with Gasteiger partial charge in [-0.15, -0.1) is 11.3 Å². The molecule has 6 heteroatoms. The molecule has 1 aliphatic heterocycles. The molecule has 0 radical (unpaired) electrons. The van der Waals surface area contributed by atoms with E-state index in [1.54, 1.807) is 30.4 Å². The van der Waals surface area contributed by atoms with Gasteiger partial charge < -0.3 is 10.1 Å². The highest BCUT2D eigenvalue weighted by Gasteiger charge is 2.25. The third-order valence-corrected chi connectivity index (χ3v) is 6.13. The fraction of sp³-hybridized carbons (Fsp3) is 0.450. The second kappa shape index (κ2) is 8.89. The molecule has 1 saturated heterocycles. The van der Waals surface area contributed by atoms with Gasteiger partial charge in [0.05, 0.1) is 6.04 Å². The largest absolute Gasteiger partial charge is 0.481 e. The van der Waals surface area contributed by atoms with E-state index in [9.17, 15) is 4.79 Å². The molecule has 3 rings (SSSR count). The molecule has 0 spiro atoms. The van der Waals surface area contributed by atoms with Crippen molar-refractivity contribution in [2.45, 2.75) is 38.8 Å². The lowest BCUT2D eigenvalue weighted by Crippen LogP contribution is -2.41. The molecule has 0 bridgehead atoms. The molecule has 2 unspecified atom stereocenters. The molecular weight excluding hydrogens is 368 g/mol. The molecular formula is C20H25ClN2O2S. The number of halogens is 1. The first-order valence-corrected chi connectivity index (χ1v) is 10.3. The minimum absolute atomic E-state index is 0.0987. The third kappa shape index (κ3) is 4.78. The summed E-state index contributed by atoms with van der Waals surface area (Å²) in [5.74, 6) is 0.558. The zero-order chi connectivity index (χ0) is 18.5. The summed E-state index contributed by atoms with van der Waals surface area (Å²) >= 11 is 7.78. The Kier molecular flexibility index (Phi) is 6.57. The maximum Gasteiger partial charge on any atom is 0.260 e. The van der Waals surface area contributed by atoms with Crippen LogP contribution in [0, 0.1) is 6.92 Å². The Morgan fingerprint density at radius 2 is 2.12 bits per heavy atom. The maximum absolute atomic E-state index is 12.5. The number of thiophene rings is 1. The van der Waals surface area contributed by atoms with Crippen LogP contribution in [0.25, 0.3) is 0 Å². The van der Waals surface area contributed by atoms with Crippen molar-refractivity contribution in [2.24, 2.45) is 0 Å². The fourth-order valence-electron chi connectivity index (χ4n) is 3.23. The van der Waals surface area contributed by atoms with Crippen molar-refractivity contribution in [2.75, 3.05) is 19.6 Å². The quantitative estimate of drug-likeness (QED) is 0.757. The molecule has 2 heterocycles.